The summed E-state index contributed by atoms with van der Waals surface area (Å²) in [4.78, 5) is 0. The number of hydrogen-bond acceptors (Lipinski definition) is 3. The van der Waals surface area contributed by atoms with Crippen LogP contribution in [0, 0.1) is 11.3 Å². The van der Waals surface area contributed by atoms with E-state index in [1.54, 1.807) is 0 Å². The van der Waals surface area contributed by atoms with Gasteiger partial charge in [0.2, 0.25) is 0 Å². The number of aliphatic hydroxyl groups is 2. The first-order chi connectivity index (χ1) is 8.08. The van der Waals surface area contributed by atoms with Gasteiger partial charge in [-0.25, -0.2) is 0 Å². The van der Waals surface area contributed by atoms with Gasteiger partial charge in [0.1, 0.15) is 0 Å². The van der Waals surface area contributed by atoms with Gasteiger partial charge >= 0.3 is 0 Å². The summed E-state index contributed by atoms with van der Waals surface area (Å²) in [6.45, 7) is 15.7. The van der Waals surface area contributed by atoms with Crippen molar-refractivity contribution in [2.24, 2.45) is 17.1 Å². The van der Waals surface area contributed by atoms with Crippen LogP contribution in [0.25, 0.3) is 0 Å². The Morgan fingerprint density at radius 3 is 1.63 bits per heavy atom. The molecule has 0 spiro atoms. The van der Waals surface area contributed by atoms with Crippen molar-refractivity contribution in [3.8, 4) is 0 Å². The lowest BCUT2D eigenvalue weighted by atomic mass is 9.65. The van der Waals surface area contributed by atoms with Crippen molar-refractivity contribution in [2.45, 2.75) is 91.4 Å². The minimum absolute atomic E-state index is 0.0908. The second-order valence-electron chi connectivity index (χ2n) is 8.37. The largest absolute Gasteiger partial charge is 0.390 e. The van der Waals surface area contributed by atoms with Crippen LogP contribution in [0.4, 0.5) is 0 Å². The quantitative estimate of drug-likeness (QED) is 0.668. The van der Waals surface area contributed by atoms with Gasteiger partial charge in [-0.1, -0.05) is 20.8 Å². The topological polar surface area (TPSA) is 66.5 Å². The molecule has 0 fully saturated rings. The van der Waals surface area contributed by atoms with Gasteiger partial charge in [-0.3, -0.25) is 0 Å². The smallest absolute Gasteiger partial charge is 0.0617 e. The van der Waals surface area contributed by atoms with Crippen LogP contribution in [0.3, 0.4) is 0 Å². The molecule has 2 atom stereocenters. The molecule has 0 rings (SSSR count). The van der Waals surface area contributed by atoms with Crippen molar-refractivity contribution in [3.05, 3.63) is 0 Å². The molecule has 3 nitrogen and oxygen atoms in total. The van der Waals surface area contributed by atoms with Gasteiger partial charge in [-0.05, 0) is 65.2 Å². The van der Waals surface area contributed by atoms with Crippen LogP contribution in [-0.4, -0.2) is 27.0 Å². The molecule has 0 aromatic rings. The minimum Gasteiger partial charge on any atom is -0.390 e. The Labute approximate surface area is 119 Å². The Hall–Kier alpha value is -0.120. The highest BCUT2D eigenvalue weighted by atomic mass is 16.3. The van der Waals surface area contributed by atoms with E-state index in [-0.39, 0.29) is 16.9 Å². The van der Waals surface area contributed by atoms with E-state index in [1.807, 2.05) is 34.6 Å². The predicted octanol–water partition coefficient (Wildman–Crippen LogP) is 3.08. The molecule has 19 heavy (non-hydrogen) atoms. The predicted molar refractivity (Wildman–Crippen MR) is 82.0 cm³/mol. The normalized spacial score (nSPS) is 19.1. The summed E-state index contributed by atoms with van der Waals surface area (Å²) in [7, 11) is 0. The van der Waals surface area contributed by atoms with E-state index in [2.05, 4.69) is 20.8 Å². The lowest BCUT2D eigenvalue weighted by Crippen LogP contribution is -2.53. The summed E-state index contributed by atoms with van der Waals surface area (Å²) in [5, 5.41) is 20.0. The van der Waals surface area contributed by atoms with E-state index < -0.39 is 11.2 Å². The zero-order chi connectivity index (χ0) is 15.7. The lowest BCUT2D eigenvalue weighted by molar-refractivity contribution is -0.00701. The molecule has 4 N–H and O–H groups in total. The molecule has 3 heteroatoms. The Bertz CT molecular complexity index is 282. The lowest BCUT2D eigenvalue weighted by Gasteiger charge is -2.45. The molecule has 0 aromatic heterocycles. The molecule has 0 bridgehead atoms. The third-order valence-electron chi connectivity index (χ3n) is 4.84. The maximum atomic E-state index is 10.1. The Kier molecular flexibility index (Phi) is 5.67. The number of rotatable bonds is 7. The highest BCUT2D eigenvalue weighted by Crippen LogP contribution is 2.40. The number of nitrogens with two attached hydrogens (primary N) is 1. The van der Waals surface area contributed by atoms with E-state index in [0.717, 1.165) is 19.3 Å². The second-order valence-corrected chi connectivity index (χ2v) is 8.37. The molecule has 0 aromatic carbocycles. The molecule has 0 aliphatic carbocycles. The van der Waals surface area contributed by atoms with Crippen LogP contribution >= 0.6 is 0 Å². The van der Waals surface area contributed by atoms with E-state index >= 15 is 0 Å². The number of hydrogen-bond donors (Lipinski definition) is 3. The average Bonchev–Trinajstić information content (AvgIpc) is 2.11. The average molecular weight is 273 g/mol. The first-order valence-corrected chi connectivity index (χ1v) is 7.32. The fourth-order valence-corrected chi connectivity index (χ4v) is 2.07. The maximum absolute atomic E-state index is 10.1. The fraction of sp³-hybridized carbons (Fsp3) is 1.00. The monoisotopic (exact) mass is 273 g/mol. The van der Waals surface area contributed by atoms with Crippen molar-refractivity contribution in [3.63, 3.8) is 0 Å². The van der Waals surface area contributed by atoms with Crippen LogP contribution in [0.2, 0.25) is 0 Å². The standard InChI is InChI=1S/C16H35NO2/c1-12(15(6,7)19)11-16(8,17)13(2,3)9-10-14(4,5)18/h12,18-19H,9-11,17H2,1-8H3. The fourth-order valence-electron chi connectivity index (χ4n) is 2.07. The van der Waals surface area contributed by atoms with E-state index in [9.17, 15) is 10.2 Å². The summed E-state index contributed by atoms with van der Waals surface area (Å²) in [6, 6.07) is 0. The summed E-state index contributed by atoms with van der Waals surface area (Å²) < 4.78 is 0. The zero-order valence-electron chi connectivity index (χ0n) is 14.2. The van der Waals surface area contributed by atoms with Gasteiger partial charge in [0.15, 0.2) is 0 Å². The molecular formula is C16H35NO2. The van der Waals surface area contributed by atoms with Gasteiger partial charge in [-0.15, -0.1) is 0 Å². The summed E-state index contributed by atoms with van der Waals surface area (Å²) in [5.41, 5.74) is 4.69. The maximum Gasteiger partial charge on any atom is 0.0617 e. The molecule has 0 aliphatic rings. The molecule has 0 aliphatic heterocycles. The van der Waals surface area contributed by atoms with E-state index in [1.165, 1.54) is 0 Å². The van der Waals surface area contributed by atoms with Crippen LogP contribution in [-0.2, 0) is 0 Å². The van der Waals surface area contributed by atoms with Gasteiger partial charge in [0, 0.05) is 5.54 Å². The van der Waals surface area contributed by atoms with Gasteiger partial charge < -0.3 is 15.9 Å². The minimum atomic E-state index is -0.715. The highest BCUT2D eigenvalue weighted by Gasteiger charge is 2.41. The van der Waals surface area contributed by atoms with Gasteiger partial charge in [0.25, 0.3) is 0 Å². The van der Waals surface area contributed by atoms with E-state index in [0.29, 0.717) is 0 Å². The molecule has 0 saturated heterocycles. The zero-order valence-corrected chi connectivity index (χ0v) is 14.2. The van der Waals surface area contributed by atoms with Crippen molar-refractivity contribution in [1.82, 2.24) is 0 Å². The first-order valence-electron chi connectivity index (χ1n) is 7.32. The molecule has 0 radical (unpaired) electrons. The second kappa shape index (κ2) is 5.71. The van der Waals surface area contributed by atoms with Crippen molar-refractivity contribution in [2.75, 3.05) is 0 Å². The van der Waals surface area contributed by atoms with Crippen LogP contribution in [0.15, 0.2) is 0 Å². The van der Waals surface area contributed by atoms with Crippen molar-refractivity contribution in [1.29, 1.82) is 0 Å². The Morgan fingerprint density at radius 1 is 0.895 bits per heavy atom. The van der Waals surface area contributed by atoms with Crippen molar-refractivity contribution < 1.29 is 10.2 Å². The molecular weight excluding hydrogens is 238 g/mol. The molecule has 0 saturated carbocycles. The molecule has 2 unspecified atom stereocenters. The highest BCUT2D eigenvalue weighted by molar-refractivity contribution is 4.97. The molecule has 116 valence electrons. The van der Waals surface area contributed by atoms with E-state index in [4.69, 9.17) is 5.73 Å². The molecule has 0 amide bonds. The summed E-state index contributed by atoms with van der Waals surface area (Å²) in [6.07, 6.45) is 2.35. The third kappa shape index (κ3) is 6.24. The van der Waals surface area contributed by atoms with Crippen LogP contribution in [0.1, 0.15) is 74.7 Å². The van der Waals surface area contributed by atoms with Crippen LogP contribution in [0.5, 0.6) is 0 Å². The van der Waals surface area contributed by atoms with Gasteiger partial charge in [-0.2, -0.15) is 0 Å². The molecule has 0 heterocycles. The van der Waals surface area contributed by atoms with Crippen molar-refractivity contribution >= 4 is 0 Å². The van der Waals surface area contributed by atoms with Gasteiger partial charge in [0.05, 0.1) is 11.2 Å². The summed E-state index contributed by atoms with van der Waals surface area (Å²) >= 11 is 0. The Balaban J connectivity index is 4.78. The first kappa shape index (κ1) is 18.9. The summed E-state index contributed by atoms with van der Waals surface area (Å²) in [5.74, 6) is 0.129. The Morgan fingerprint density at radius 2 is 1.32 bits per heavy atom. The van der Waals surface area contributed by atoms with Crippen LogP contribution < -0.4 is 5.73 Å². The SMILES string of the molecule is CC(CC(C)(N)C(C)(C)CCC(C)(C)O)C(C)(C)O. The third-order valence-corrected chi connectivity index (χ3v) is 4.84.